The highest BCUT2D eigenvalue weighted by molar-refractivity contribution is 6.01. The maximum Gasteiger partial charge on any atom is 0.229 e. The van der Waals surface area contributed by atoms with Gasteiger partial charge in [0.05, 0.1) is 0 Å². The summed E-state index contributed by atoms with van der Waals surface area (Å²) < 4.78 is 0. The van der Waals surface area contributed by atoms with Crippen molar-refractivity contribution in [2.75, 3.05) is 11.9 Å². The highest BCUT2D eigenvalue weighted by Crippen LogP contribution is 2.14. The van der Waals surface area contributed by atoms with Crippen LogP contribution in [0, 0.1) is 0 Å². The third-order valence-corrected chi connectivity index (χ3v) is 3.99. The summed E-state index contributed by atoms with van der Waals surface area (Å²) in [7, 11) is 0. The molecule has 1 fully saturated rings. The predicted molar refractivity (Wildman–Crippen MR) is 89.5 cm³/mol. The van der Waals surface area contributed by atoms with Crippen LogP contribution in [-0.4, -0.2) is 34.9 Å². The molecular formula is C18H22N2O4. The maximum atomic E-state index is 11.9. The first-order valence-corrected chi connectivity index (χ1v) is 8.21. The summed E-state index contributed by atoms with van der Waals surface area (Å²) in [5.74, 6) is -0.340. The lowest BCUT2D eigenvalue weighted by molar-refractivity contribution is -0.138. The third-order valence-electron chi connectivity index (χ3n) is 3.99. The average molecular weight is 330 g/mol. The first kappa shape index (κ1) is 17.8. The standard InChI is InChI=1S/C18H22N2O4/c1-13(21)14-6-5-7-15(12-14)19-16(22)8-3-2-4-11-20-17(23)9-10-18(20)24/h5-7,12H,2-4,8-11H2,1H3,(H,19,22). The van der Waals surface area contributed by atoms with Crippen LogP contribution in [-0.2, 0) is 14.4 Å². The highest BCUT2D eigenvalue weighted by atomic mass is 16.2. The zero-order valence-electron chi connectivity index (χ0n) is 13.8. The number of likely N-dealkylation sites (tertiary alicyclic amines) is 1. The van der Waals surface area contributed by atoms with Crippen molar-refractivity contribution in [1.29, 1.82) is 0 Å². The van der Waals surface area contributed by atoms with Crippen molar-refractivity contribution < 1.29 is 19.2 Å². The van der Waals surface area contributed by atoms with Crippen molar-refractivity contribution in [3.8, 4) is 0 Å². The Hall–Kier alpha value is -2.50. The SMILES string of the molecule is CC(=O)c1cccc(NC(=O)CCCCCN2C(=O)CCC2=O)c1. The number of carbonyl (C=O) groups excluding carboxylic acids is 4. The van der Waals surface area contributed by atoms with Gasteiger partial charge in [-0.25, -0.2) is 0 Å². The molecule has 0 spiro atoms. The van der Waals surface area contributed by atoms with E-state index in [1.165, 1.54) is 11.8 Å². The molecule has 1 aromatic carbocycles. The quantitative estimate of drug-likeness (QED) is 0.451. The van der Waals surface area contributed by atoms with Crippen LogP contribution in [0.3, 0.4) is 0 Å². The van der Waals surface area contributed by atoms with Gasteiger partial charge >= 0.3 is 0 Å². The van der Waals surface area contributed by atoms with Gasteiger partial charge in [-0.1, -0.05) is 18.6 Å². The van der Waals surface area contributed by atoms with Crippen LogP contribution in [0.25, 0.3) is 0 Å². The van der Waals surface area contributed by atoms with E-state index >= 15 is 0 Å². The van der Waals surface area contributed by atoms with Crippen molar-refractivity contribution in [2.24, 2.45) is 0 Å². The molecule has 6 heteroatoms. The molecule has 0 bridgehead atoms. The number of hydrogen-bond acceptors (Lipinski definition) is 4. The molecule has 6 nitrogen and oxygen atoms in total. The van der Waals surface area contributed by atoms with E-state index in [0.717, 1.165) is 6.42 Å². The van der Waals surface area contributed by atoms with Gasteiger partial charge in [-0.3, -0.25) is 24.1 Å². The Bertz CT molecular complexity index is 638. The number of rotatable bonds is 8. The smallest absolute Gasteiger partial charge is 0.229 e. The van der Waals surface area contributed by atoms with Gasteiger partial charge < -0.3 is 5.32 Å². The van der Waals surface area contributed by atoms with Gasteiger partial charge in [-0.2, -0.15) is 0 Å². The number of carbonyl (C=O) groups is 4. The minimum Gasteiger partial charge on any atom is -0.326 e. The van der Waals surface area contributed by atoms with Crippen LogP contribution in [0.2, 0.25) is 0 Å². The van der Waals surface area contributed by atoms with Crippen LogP contribution in [0.5, 0.6) is 0 Å². The van der Waals surface area contributed by atoms with E-state index in [1.54, 1.807) is 24.3 Å². The van der Waals surface area contributed by atoms with Gasteiger partial charge in [0.25, 0.3) is 0 Å². The molecule has 1 aliphatic heterocycles. The topological polar surface area (TPSA) is 83.6 Å². The first-order chi connectivity index (χ1) is 11.5. The summed E-state index contributed by atoms with van der Waals surface area (Å²) in [4.78, 5) is 47.4. The Morgan fingerprint density at radius 1 is 1.08 bits per heavy atom. The lowest BCUT2D eigenvalue weighted by atomic mass is 10.1. The molecule has 0 aromatic heterocycles. The summed E-state index contributed by atoms with van der Waals surface area (Å²) in [6.45, 7) is 1.93. The number of unbranched alkanes of at least 4 members (excludes halogenated alkanes) is 2. The number of ketones is 1. The van der Waals surface area contributed by atoms with Crippen LogP contribution < -0.4 is 5.32 Å². The molecule has 0 aliphatic carbocycles. The number of benzene rings is 1. The Kier molecular flexibility index (Phi) is 6.23. The molecule has 1 aromatic rings. The Labute approximate surface area is 141 Å². The van der Waals surface area contributed by atoms with Crippen molar-refractivity contribution >= 4 is 29.2 Å². The Balaban J connectivity index is 1.66. The van der Waals surface area contributed by atoms with E-state index < -0.39 is 0 Å². The van der Waals surface area contributed by atoms with Crippen molar-refractivity contribution in [3.63, 3.8) is 0 Å². The van der Waals surface area contributed by atoms with Gasteiger partial charge in [0.2, 0.25) is 17.7 Å². The summed E-state index contributed by atoms with van der Waals surface area (Å²) in [5.41, 5.74) is 1.17. The van der Waals surface area contributed by atoms with Crippen LogP contribution in [0.1, 0.15) is 55.8 Å². The van der Waals surface area contributed by atoms with Gasteiger partial charge in [-0.05, 0) is 31.9 Å². The number of hydrogen-bond donors (Lipinski definition) is 1. The molecule has 0 unspecified atom stereocenters. The van der Waals surface area contributed by atoms with Crippen molar-refractivity contribution in [3.05, 3.63) is 29.8 Å². The van der Waals surface area contributed by atoms with Crippen molar-refractivity contribution in [2.45, 2.75) is 45.4 Å². The number of Topliss-reactive ketones (excluding diaryl/α,β-unsaturated/α-hetero) is 1. The van der Waals surface area contributed by atoms with Gasteiger partial charge in [0.1, 0.15) is 0 Å². The van der Waals surface area contributed by atoms with E-state index in [-0.39, 0.29) is 23.5 Å². The van der Waals surface area contributed by atoms with E-state index in [9.17, 15) is 19.2 Å². The number of amides is 3. The molecule has 128 valence electrons. The minimum atomic E-state index is -0.107. The summed E-state index contributed by atoms with van der Waals surface area (Å²) in [6.07, 6.45) is 3.18. The van der Waals surface area contributed by atoms with Crippen molar-refractivity contribution in [1.82, 2.24) is 4.90 Å². The highest BCUT2D eigenvalue weighted by Gasteiger charge is 2.27. The molecule has 1 saturated heterocycles. The van der Waals surface area contributed by atoms with E-state index in [2.05, 4.69) is 5.32 Å². The molecule has 3 amide bonds. The fourth-order valence-electron chi connectivity index (χ4n) is 2.64. The van der Waals surface area contributed by atoms with E-state index in [1.807, 2.05) is 0 Å². The third kappa shape index (κ3) is 5.01. The normalized spacial score (nSPS) is 14.1. The predicted octanol–water partition coefficient (Wildman–Crippen LogP) is 2.54. The second-order valence-corrected chi connectivity index (χ2v) is 5.93. The van der Waals surface area contributed by atoms with Crippen LogP contribution >= 0.6 is 0 Å². The molecule has 1 aliphatic rings. The number of imide groups is 1. The monoisotopic (exact) mass is 330 g/mol. The van der Waals surface area contributed by atoms with Gasteiger partial charge in [-0.15, -0.1) is 0 Å². The zero-order valence-corrected chi connectivity index (χ0v) is 13.8. The fraction of sp³-hybridized carbons (Fsp3) is 0.444. The van der Waals surface area contributed by atoms with Gasteiger partial charge in [0.15, 0.2) is 5.78 Å². The lowest BCUT2D eigenvalue weighted by Crippen LogP contribution is -2.29. The van der Waals surface area contributed by atoms with Crippen LogP contribution in [0.4, 0.5) is 5.69 Å². The Morgan fingerprint density at radius 2 is 1.79 bits per heavy atom. The molecule has 2 rings (SSSR count). The molecule has 0 saturated carbocycles. The average Bonchev–Trinajstić information content (AvgIpc) is 2.86. The molecule has 0 atom stereocenters. The number of anilines is 1. The number of nitrogens with one attached hydrogen (secondary N) is 1. The summed E-state index contributed by atoms with van der Waals surface area (Å²) in [6, 6.07) is 6.84. The van der Waals surface area contributed by atoms with Crippen LogP contribution in [0.15, 0.2) is 24.3 Å². The summed E-state index contributed by atoms with van der Waals surface area (Å²) in [5, 5.41) is 2.77. The largest absolute Gasteiger partial charge is 0.326 e. The van der Waals surface area contributed by atoms with E-state index in [4.69, 9.17) is 0 Å². The second kappa shape index (κ2) is 8.38. The maximum absolute atomic E-state index is 11.9. The Morgan fingerprint density at radius 3 is 2.46 bits per heavy atom. The minimum absolute atomic E-state index is 0.0443. The molecule has 1 N–H and O–H groups in total. The molecule has 1 heterocycles. The van der Waals surface area contributed by atoms with Gasteiger partial charge in [0, 0.05) is 37.1 Å². The second-order valence-electron chi connectivity index (χ2n) is 5.93. The van der Waals surface area contributed by atoms with E-state index in [0.29, 0.717) is 49.9 Å². The molecular weight excluding hydrogens is 308 g/mol. The zero-order chi connectivity index (χ0) is 17.5. The lowest BCUT2D eigenvalue weighted by Gasteiger charge is -2.13. The number of nitrogens with zero attached hydrogens (tertiary/aromatic N) is 1. The molecule has 24 heavy (non-hydrogen) atoms. The first-order valence-electron chi connectivity index (χ1n) is 8.21. The summed E-state index contributed by atoms with van der Waals surface area (Å²) >= 11 is 0. The molecule has 0 radical (unpaired) electrons. The fourth-order valence-corrected chi connectivity index (χ4v) is 2.64.